The van der Waals surface area contributed by atoms with Crippen molar-refractivity contribution in [1.29, 1.82) is 5.26 Å². The monoisotopic (exact) mass is 394 g/mol. The SMILES string of the molecule is Cc1cc(N(Cc2cnc(Cl)s2)S(=O)(=O)c2cccc(C#N)c2)no1. The zero-order valence-corrected chi connectivity index (χ0v) is 15.3. The highest BCUT2D eigenvalue weighted by molar-refractivity contribution is 7.92. The van der Waals surface area contributed by atoms with E-state index in [1.54, 1.807) is 6.92 Å². The maximum atomic E-state index is 13.1. The summed E-state index contributed by atoms with van der Waals surface area (Å²) in [6, 6.07) is 9.25. The number of benzene rings is 1. The zero-order chi connectivity index (χ0) is 18.0. The Labute approximate surface area is 153 Å². The fourth-order valence-corrected chi connectivity index (χ4v) is 4.58. The highest BCUT2D eigenvalue weighted by Crippen LogP contribution is 2.28. The maximum absolute atomic E-state index is 13.1. The topological polar surface area (TPSA) is 100 Å². The van der Waals surface area contributed by atoms with Gasteiger partial charge in [0, 0.05) is 17.1 Å². The van der Waals surface area contributed by atoms with Gasteiger partial charge in [0.25, 0.3) is 10.0 Å². The third-order valence-electron chi connectivity index (χ3n) is 3.25. The Morgan fingerprint density at radius 2 is 2.20 bits per heavy atom. The van der Waals surface area contributed by atoms with E-state index in [4.69, 9.17) is 21.4 Å². The van der Waals surface area contributed by atoms with Crippen LogP contribution in [0.2, 0.25) is 4.47 Å². The highest BCUT2D eigenvalue weighted by atomic mass is 35.5. The Balaban J connectivity index is 2.07. The molecule has 0 unspecified atom stereocenters. The number of anilines is 1. The van der Waals surface area contributed by atoms with Crippen LogP contribution in [0, 0.1) is 18.3 Å². The van der Waals surface area contributed by atoms with E-state index < -0.39 is 10.0 Å². The third kappa shape index (κ3) is 3.66. The molecule has 0 bridgehead atoms. The van der Waals surface area contributed by atoms with E-state index in [9.17, 15) is 8.42 Å². The van der Waals surface area contributed by atoms with Gasteiger partial charge in [0.2, 0.25) is 0 Å². The van der Waals surface area contributed by atoms with Crippen LogP contribution in [0.3, 0.4) is 0 Å². The molecule has 2 aromatic heterocycles. The van der Waals surface area contributed by atoms with Gasteiger partial charge in [-0.1, -0.05) is 22.8 Å². The second-order valence-corrected chi connectivity index (χ2v) is 8.59. The van der Waals surface area contributed by atoms with Crippen LogP contribution in [0.5, 0.6) is 0 Å². The molecule has 0 aliphatic heterocycles. The van der Waals surface area contributed by atoms with Crippen molar-refractivity contribution in [2.24, 2.45) is 0 Å². The number of aryl methyl sites for hydroxylation is 1. The van der Waals surface area contributed by atoms with Crippen molar-refractivity contribution >= 4 is 38.8 Å². The Morgan fingerprint density at radius 1 is 1.40 bits per heavy atom. The Hall–Kier alpha value is -2.41. The van der Waals surface area contributed by atoms with Crippen molar-refractivity contribution in [2.45, 2.75) is 18.4 Å². The summed E-state index contributed by atoms with van der Waals surface area (Å²) in [5.41, 5.74) is 0.248. The molecule has 3 rings (SSSR count). The van der Waals surface area contributed by atoms with E-state index >= 15 is 0 Å². The number of sulfonamides is 1. The first-order chi connectivity index (χ1) is 11.9. The summed E-state index contributed by atoms with van der Waals surface area (Å²) in [7, 11) is -3.97. The molecule has 0 fully saturated rings. The summed E-state index contributed by atoms with van der Waals surface area (Å²) in [5, 5.41) is 12.8. The molecule has 0 aliphatic carbocycles. The van der Waals surface area contributed by atoms with Gasteiger partial charge in [-0.15, -0.1) is 11.3 Å². The van der Waals surface area contributed by atoms with Crippen molar-refractivity contribution in [3.63, 3.8) is 0 Å². The lowest BCUT2D eigenvalue weighted by Crippen LogP contribution is -2.30. The molecule has 0 atom stereocenters. The summed E-state index contributed by atoms with van der Waals surface area (Å²) in [6.45, 7) is 1.66. The standard InChI is InChI=1S/C15H11ClN4O3S2/c1-10-5-14(19-23-10)20(9-12-8-18-15(16)24-12)25(21,22)13-4-2-3-11(6-13)7-17/h2-6,8H,9H2,1H3. The van der Waals surface area contributed by atoms with Crippen molar-refractivity contribution < 1.29 is 12.9 Å². The lowest BCUT2D eigenvalue weighted by molar-refractivity contribution is 0.398. The van der Waals surface area contributed by atoms with Crippen molar-refractivity contribution in [3.8, 4) is 6.07 Å². The predicted molar refractivity (Wildman–Crippen MR) is 92.9 cm³/mol. The molecule has 128 valence electrons. The molecule has 0 spiro atoms. The number of nitriles is 1. The van der Waals surface area contributed by atoms with Crippen LogP contribution >= 0.6 is 22.9 Å². The first-order valence-corrected chi connectivity index (χ1v) is 9.60. The minimum absolute atomic E-state index is 0.00449. The Morgan fingerprint density at radius 3 is 2.80 bits per heavy atom. The third-order valence-corrected chi connectivity index (χ3v) is 6.09. The van der Waals surface area contributed by atoms with Gasteiger partial charge in [-0.3, -0.25) is 0 Å². The Kier molecular flexibility index (Phi) is 4.76. The molecule has 2 heterocycles. The van der Waals surface area contributed by atoms with E-state index in [1.165, 1.54) is 47.9 Å². The fourth-order valence-electron chi connectivity index (χ4n) is 2.11. The maximum Gasteiger partial charge on any atom is 0.265 e. The molecule has 0 saturated carbocycles. The van der Waals surface area contributed by atoms with Crippen LogP contribution in [-0.2, 0) is 16.6 Å². The molecule has 0 saturated heterocycles. The smallest absolute Gasteiger partial charge is 0.265 e. The molecule has 0 N–H and O–H groups in total. The van der Waals surface area contributed by atoms with Gasteiger partial charge in [0.15, 0.2) is 10.3 Å². The van der Waals surface area contributed by atoms with Crippen LogP contribution in [-0.4, -0.2) is 18.6 Å². The molecule has 3 aromatic rings. The van der Waals surface area contributed by atoms with Crippen LogP contribution in [0.15, 0.2) is 45.9 Å². The van der Waals surface area contributed by atoms with Crippen LogP contribution in [0.25, 0.3) is 0 Å². The van der Waals surface area contributed by atoms with Gasteiger partial charge < -0.3 is 4.52 Å². The van der Waals surface area contributed by atoms with E-state index in [1.807, 2.05) is 6.07 Å². The quantitative estimate of drug-likeness (QED) is 0.657. The molecule has 0 amide bonds. The van der Waals surface area contributed by atoms with Crippen molar-refractivity contribution in [2.75, 3.05) is 4.31 Å². The van der Waals surface area contributed by atoms with Gasteiger partial charge in [-0.25, -0.2) is 17.7 Å². The number of nitrogens with zero attached hydrogens (tertiary/aromatic N) is 4. The van der Waals surface area contributed by atoms with E-state index in [0.29, 0.717) is 15.1 Å². The van der Waals surface area contributed by atoms with Gasteiger partial charge in [0.1, 0.15) is 5.76 Å². The van der Waals surface area contributed by atoms with Gasteiger partial charge in [-0.05, 0) is 25.1 Å². The lowest BCUT2D eigenvalue weighted by Gasteiger charge is -2.20. The number of aromatic nitrogens is 2. The highest BCUT2D eigenvalue weighted by Gasteiger charge is 2.28. The molecule has 1 aromatic carbocycles. The Bertz CT molecular complexity index is 1050. The number of hydrogen-bond donors (Lipinski definition) is 0. The lowest BCUT2D eigenvalue weighted by atomic mass is 10.2. The summed E-state index contributed by atoms with van der Waals surface area (Å²) in [6.07, 6.45) is 1.51. The van der Waals surface area contributed by atoms with Gasteiger partial charge in [0.05, 0.1) is 23.1 Å². The first-order valence-electron chi connectivity index (χ1n) is 6.96. The largest absolute Gasteiger partial charge is 0.360 e. The molecular formula is C15H11ClN4O3S2. The van der Waals surface area contributed by atoms with E-state index in [2.05, 4.69) is 10.1 Å². The number of hydrogen-bond acceptors (Lipinski definition) is 7. The van der Waals surface area contributed by atoms with Crippen molar-refractivity contribution in [1.82, 2.24) is 10.1 Å². The molecule has 0 aliphatic rings. The summed E-state index contributed by atoms with van der Waals surface area (Å²) in [5.74, 6) is 0.618. The first kappa shape index (κ1) is 17.4. The molecule has 0 radical (unpaired) electrons. The molecule has 7 nitrogen and oxygen atoms in total. The van der Waals surface area contributed by atoms with Crippen LogP contribution in [0.1, 0.15) is 16.2 Å². The van der Waals surface area contributed by atoms with Crippen molar-refractivity contribution in [3.05, 3.63) is 57.2 Å². The molecule has 10 heteroatoms. The summed E-state index contributed by atoms with van der Waals surface area (Å²) < 4.78 is 32.6. The minimum atomic E-state index is -3.97. The van der Waals surface area contributed by atoms with Crippen LogP contribution in [0.4, 0.5) is 5.82 Å². The average molecular weight is 395 g/mol. The van der Waals surface area contributed by atoms with E-state index in [-0.39, 0.29) is 22.8 Å². The van der Waals surface area contributed by atoms with Crippen LogP contribution < -0.4 is 4.31 Å². The summed E-state index contributed by atoms with van der Waals surface area (Å²) in [4.78, 5) is 4.56. The normalized spacial score (nSPS) is 11.2. The summed E-state index contributed by atoms with van der Waals surface area (Å²) >= 11 is 7.01. The molecular weight excluding hydrogens is 384 g/mol. The second-order valence-electron chi connectivity index (χ2n) is 5.03. The number of rotatable bonds is 5. The number of halogens is 1. The van der Waals surface area contributed by atoms with Gasteiger partial charge >= 0.3 is 0 Å². The zero-order valence-electron chi connectivity index (χ0n) is 12.9. The minimum Gasteiger partial charge on any atom is -0.360 e. The second kappa shape index (κ2) is 6.84. The predicted octanol–water partition coefficient (Wildman–Crippen LogP) is 3.36. The van der Waals surface area contributed by atoms with E-state index in [0.717, 1.165) is 4.31 Å². The average Bonchev–Trinajstić information content (AvgIpc) is 3.20. The number of thiazole rings is 1. The fraction of sp³-hybridized carbons (Fsp3) is 0.133. The van der Waals surface area contributed by atoms with Gasteiger partial charge in [-0.2, -0.15) is 5.26 Å². The molecule has 25 heavy (non-hydrogen) atoms.